The first-order valence-corrected chi connectivity index (χ1v) is 10.7. The highest BCUT2D eigenvalue weighted by Gasteiger charge is 2.30. The van der Waals surface area contributed by atoms with E-state index in [4.69, 9.17) is 5.73 Å². The molecule has 0 bridgehead atoms. The zero-order valence-electron chi connectivity index (χ0n) is 14.4. The largest absolute Gasteiger partial charge is 0.329 e. The molecule has 0 spiro atoms. The number of hydrogen-bond acceptors (Lipinski definition) is 5. The maximum atomic E-state index is 12.6. The Hall–Kier alpha value is -0.670. The average Bonchev–Trinajstić information content (AvgIpc) is 2.46. The summed E-state index contributed by atoms with van der Waals surface area (Å²) >= 11 is 0. The van der Waals surface area contributed by atoms with Crippen LogP contribution in [0.2, 0.25) is 0 Å². The first-order chi connectivity index (χ1) is 10.5. The van der Waals surface area contributed by atoms with Crippen LogP contribution in [0.1, 0.15) is 34.1 Å². The lowest BCUT2D eigenvalue weighted by Crippen LogP contribution is -2.52. The minimum absolute atomic E-state index is 0. The van der Waals surface area contributed by atoms with Gasteiger partial charge in [-0.2, -0.15) is 0 Å². The van der Waals surface area contributed by atoms with Crippen LogP contribution in [0.15, 0.2) is 34.1 Å². The van der Waals surface area contributed by atoms with Crippen molar-refractivity contribution >= 4 is 32.3 Å². The molecule has 0 aromatic heterocycles. The van der Waals surface area contributed by atoms with Crippen molar-refractivity contribution in [3.8, 4) is 0 Å². The molecule has 0 aliphatic rings. The van der Waals surface area contributed by atoms with Gasteiger partial charge >= 0.3 is 0 Å². The first-order valence-electron chi connectivity index (χ1n) is 7.52. The van der Waals surface area contributed by atoms with Crippen molar-refractivity contribution in [2.24, 2.45) is 11.7 Å². The minimum atomic E-state index is -3.86. The smallest absolute Gasteiger partial charge is 0.241 e. The maximum absolute atomic E-state index is 12.6. The van der Waals surface area contributed by atoms with Crippen molar-refractivity contribution in [2.75, 3.05) is 12.3 Å². The third-order valence-electron chi connectivity index (χ3n) is 3.55. The third-order valence-corrected chi connectivity index (χ3v) is 6.91. The molecule has 0 aliphatic heterocycles. The molecule has 0 saturated heterocycles. The predicted molar refractivity (Wildman–Crippen MR) is 98.7 cm³/mol. The summed E-state index contributed by atoms with van der Waals surface area (Å²) in [5, 5.41) is 0. The van der Waals surface area contributed by atoms with Crippen LogP contribution in [0.5, 0.6) is 0 Å². The van der Waals surface area contributed by atoms with E-state index >= 15 is 0 Å². The molecule has 1 aromatic rings. The van der Waals surface area contributed by atoms with Crippen molar-refractivity contribution in [3.63, 3.8) is 0 Å². The molecule has 6 nitrogen and oxygen atoms in total. The number of nitrogens with one attached hydrogen (secondary N) is 1. The Kier molecular flexibility index (Phi) is 8.38. The maximum Gasteiger partial charge on any atom is 0.241 e. The SMILES string of the molecule is CCS(=O)(=O)c1cccc(S(=O)(=O)NC(C)(CN)CC(C)C)c1.Cl. The van der Waals surface area contributed by atoms with Crippen LogP contribution < -0.4 is 10.5 Å². The van der Waals surface area contributed by atoms with Gasteiger partial charge in [-0.3, -0.25) is 0 Å². The molecule has 140 valence electrons. The van der Waals surface area contributed by atoms with Crippen LogP contribution in [0.4, 0.5) is 0 Å². The van der Waals surface area contributed by atoms with Crippen LogP contribution in [0.3, 0.4) is 0 Å². The summed E-state index contributed by atoms with van der Waals surface area (Å²) in [6, 6.07) is 5.39. The van der Waals surface area contributed by atoms with Crippen molar-refractivity contribution in [1.29, 1.82) is 0 Å². The topological polar surface area (TPSA) is 106 Å². The molecule has 1 atom stereocenters. The highest BCUT2D eigenvalue weighted by molar-refractivity contribution is 7.91. The first kappa shape index (κ1) is 23.3. The van der Waals surface area contributed by atoms with Crippen molar-refractivity contribution in [1.82, 2.24) is 4.72 Å². The van der Waals surface area contributed by atoms with E-state index in [9.17, 15) is 16.8 Å². The Morgan fingerprint density at radius 1 is 1.17 bits per heavy atom. The molecule has 1 unspecified atom stereocenters. The highest BCUT2D eigenvalue weighted by Crippen LogP contribution is 2.21. The number of sulfone groups is 1. The van der Waals surface area contributed by atoms with Gasteiger partial charge in [0.25, 0.3) is 0 Å². The summed E-state index contributed by atoms with van der Waals surface area (Å²) in [5.41, 5.74) is 4.95. The Morgan fingerprint density at radius 3 is 2.17 bits per heavy atom. The normalized spacial score (nSPS) is 14.9. The van der Waals surface area contributed by atoms with Gasteiger partial charge in [0.05, 0.1) is 15.5 Å². The summed E-state index contributed by atoms with van der Waals surface area (Å²) in [6.07, 6.45) is 0.579. The van der Waals surface area contributed by atoms with Crippen LogP contribution in [0, 0.1) is 5.92 Å². The second-order valence-corrected chi connectivity index (χ2v) is 10.3. The third kappa shape index (κ3) is 6.00. The van der Waals surface area contributed by atoms with Crippen LogP contribution in [-0.4, -0.2) is 34.7 Å². The van der Waals surface area contributed by atoms with E-state index in [1.807, 2.05) is 13.8 Å². The standard InChI is InChI=1S/C15H26N2O4S2.ClH/c1-5-22(18,19)13-7-6-8-14(9-13)23(20,21)17-15(4,11-16)10-12(2)3;/h6-9,12,17H,5,10-11,16H2,1-4H3;1H. The van der Waals surface area contributed by atoms with Gasteiger partial charge in [-0.15, -0.1) is 12.4 Å². The molecular formula is C15H27ClN2O4S2. The van der Waals surface area contributed by atoms with Crippen molar-refractivity contribution < 1.29 is 16.8 Å². The quantitative estimate of drug-likeness (QED) is 0.695. The van der Waals surface area contributed by atoms with Crippen LogP contribution in [-0.2, 0) is 19.9 Å². The summed E-state index contributed by atoms with van der Waals surface area (Å²) in [5.74, 6) is 0.177. The monoisotopic (exact) mass is 398 g/mol. The van der Waals surface area contributed by atoms with Gasteiger partial charge in [0.1, 0.15) is 0 Å². The van der Waals surface area contributed by atoms with Gasteiger partial charge in [-0.1, -0.05) is 26.8 Å². The van der Waals surface area contributed by atoms with E-state index in [2.05, 4.69) is 4.72 Å². The second-order valence-electron chi connectivity index (χ2n) is 6.35. The summed E-state index contributed by atoms with van der Waals surface area (Å²) in [6.45, 7) is 7.38. The molecule has 0 fully saturated rings. The molecule has 0 aliphatic carbocycles. The molecule has 24 heavy (non-hydrogen) atoms. The summed E-state index contributed by atoms with van der Waals surface area (Å²) in [4.78, 5) is -0.0726. The average molecular weight is 399 g/mol. The van der Waals surface area contributed by atoms with E-state index in [-0.39, 0.29) is 40.4 Å². The zero-order chi connectivity index (χ0) is 17.9. The van der Waals surface area contributed by atoms with Gasteiger partial charge < -0.3 is 5.73 Å². The predicted octanol–water partition coefficient (Wildman–Crippen LogP) is 1.94. The second kappa shape index (κ2) is 8.62. The van der Waals surface area contributed by atoms with E-state index < -0.39 is 25.4 Å². The van der Waals surface area contributed by atoms with E-state index in [0.29, 0.717) is 6.42 Å². The molecule has 0 heterocycles. The zero-order valence-corrected chi connectivity index (χ0v) is 16.9. The van der Waals surface area contributed by atoms with Gasteiger partial charge in [0, 0.05) is 12.1 Å². The highest BCUT2D eigenvalue weighted by atomic mass is 35.5. The molecule has 0 amide bonds. The fourth-order valence-corrected chi connectivity index (χ4v) is 4.93. The van der Waals surface area contributed by atoms with Crippen molar-refractivity contribution in [2.45, 2.75) is 49.4 Å². The van der Waals surface area contributed by atoms with Crippen LogP contribution in [0.25, 0.3) is 0 Å². The van der Waals surface area contributed by atoms with E-state index in [1.165, 1.54) is 31.2 Å². The van der Waals surface area contributed by atoms with Gasteiger partial charge in [-0.05, 0) is 37.5 Å². The number of benzene rings is 1. The fraction of sp³-hybridized carbons (Fsp3) is 0.600. The molecule has 9 heteroatoms. The molecule has 3 N–H and O–H groups in total. The number of rotatable bonds is 8. The van der Waals surface area contributed by atoms with Crippen LogP contribution >= 0.6 is 12.4 Å². The fourth-order valence-electron chi connectivity index (χ4n) is 2.45. The minimum Gasteiger partial charge on any atom is -0.329 e. The Balaban J connectivity index is 0.00000529. The molecule has 1 aromatic carbocycles. The lowest BCUT2D eigenvalue weighted by molar-refractivity contribution is 0.344. The lowest BCUT2D eigenvalue weighted by Gasteiger charge is -2.30. The number of hydrogen-bond donors (Lipinski definition) is 2. The Morgan fingerprint density at radius 2 is 1.71 bits per heavy atom. The van der Waals surface area contributed by atoms with Gasteiger partial charge in [-0.25, -0.2) is 21.6 Å². The summed E-state index contributed by atoms with van der Waals surface area (Å²) in [7, 11) is -7.33. The number of sulfonamides is 1. The molecule has 0 radical (unpaired) electrons. The molecule has 0 saturated carbocycles. The lowest BCUT2D eigenvalue weighted by atomic mass is 9.92. The summed E-state index contributed by atoms with van der Waals surface area (Å²) < 4.78 is 51.7. The Bertz CT molecular complexity index is 748. The molecule has 1 rings (SSSR count). The number of nitrogens with two attached hydrogens (primary N) is 1. The van der Waals surface area contributed by atoms with E-state index in [1.54, 1.807) is 6.92 Å². The van der Waals surface area contributed by atoms with Gasteiger partial charge in [0.2, 0.25) is 10.0 Å². The van der Waals surface area contributed by atoms with Crippen molar-refractivity contribution in [3.05, 3.63) is 24.3 Å². The Labute approximate surface area is 151 Å². The van der Waals surface area contributed by atoms with E-state index in [0.717, 1.165) is 0 Å². The molecular weight excluding hydrogens is 372 g/mol. The number of halogens is 1. The van der Waals surface area contributed by atoms with Gasteiger partial charge in [0.15, 0.2) is 9.84 Å².